The number of benzene rings is 2. The second-order valence-electron chi connectivity index (χ2n) is 6.06. The summed E-state index contributed by atoms with van der Waals surface area (Å²) in [5.74, 6) is 0.202. The topological polar surface area (TPSA) is 55.6 Å². The van der Waals surface area contributed by atoms with Crippen molar-refractivity contribution in [3.8, 4) is 5.75 Å². The predicted molar refractivity (Wildman–Crippen MR) is 109 cm³/mol. The van der Waals surface area contributed by atoms with E-state index in [0.29, 0.717) is 28.0 Å². The third-order valence-corrected chi connectivity index (χ3v) is 5.10. The summed E-state index contributed by atoms with van der Waals surface area (Å²) in [6, 6.07) is 13.0. The van der Waals surface area contributed by atoms with E-state index in [0.717, 1.165) is 11.3 Å². The van der Waals surface area contributed by atoms with Gasteiger partial charge in [0.15, 0.2) is 4.96 Å². The Bertz CT molecular complexity index is 1190. The molecule has 0 radical (unpaired) electrons. The summed E-state index contributed by atoms with van der Waals surface area (Å²) in [5.41, 5.74) is 2.04. The Morgan fingerprint density at radius 2 is 2.11 bits per heavy atom. The highest BCUT2D eigenvalue weighted by atomic mass is 35.5. The van der Waals surface area contributed by atoms with Gasteiger partial charge in [-0.15, -0.1) is 11.3 Å². The van der Waals surface area contributed by atoms with E-state index >= 15 is 0 Å². The molecule has 4 rings (SSSR count). The van der Waals surface area contributed by atoms with E-state index in [2.05, 4.69) is 10.3 Å². The van der Waals surface area contributed by atoms with E-state index in [-0.39, 0.29) is 18.0 Å². The Labute approximate surface area is 169 Å². The Morgan fingerprint density at radius 3 is 2.93 bits per heavy atom. The van der Waals surface area contributed by atoms with E-state index in [1.165, 1.54) is 33.9 Å². The Morgan fingerprint density at radius 1 is 1.21 bits per heavy atom. The minimum absolute atomic E-state index is 0.109. The first-order valence-electron chi connectivity index (χ1n) is 8.45. The minimum atomic E-state index is -0.305. The van der Waals surface area contributed by atoms with Gasteiger partial charge in [-0.05, 0) is 35.9 Å². The fourth-order valence-electron chi connectivity index (χ4n) is 2.69. The van der Waals surface area contributed by atoms with Crippen LogP contribution < -0.4 is 15.6 Å². The molecule has 0 aliphatic carbocycles. The van der Waals surface area contributed by atoms with Gasteiger partial charge in [-0.1, -0.05) is 23.7 Å². The number of thiazole rings is 1. The lowest BCUT2D eigenvalue weighted by molar-refractivity contribution is 0.306. The minimum Gasteiger partial charge on any atom is -0.487 e. The number of ether oxygens (including phenoxy) is 1. The quantitative estimate of drug-likeness (QED) is 0.494. The van der Waals surface area contributed by atoms with Crippen molar-refractivity contribution in [1.29, 1.82) is 0 Å². The zero-order valence-electron chi connectivity index (χ0n) is 14.6. The van der Waals surface area contributed by atoms with Gasteiger partial charge in [0.05, 0.1) is 17.3 Å². The van der Waals surface area contributed by atoms with Gasteiger partial charge in [0.25, 0.3) is 5.56 Å². The van der Waals surface area contributed by atoms with Crippen LogP contribution >= 0.6 is 22.9 Å². The van der Waals surface area contributed by atoms with Gasteiger partial charge in [0.1, 0.15) is 18.2 Å². The number of rotatable bonds is 6. The third kappa shape index (κ3) is 4.16. The molecule has 142 valence electrons. The second-order valence-corrected chi connectivity index (χ2v) is 7.34. The SMILES string of the molecule is O=c1cc(CNc2ccc(OCc3cccc(F)c3)c(Cl)c2)nc2sccn12. The highest BCUT2D eigenvalue weighted by Crippen LogP contribution is 2.28. The molecule has 2 aromatic carbocycles. The van der Waals surface area contributed by atoms with Crippen LogP contribution in [0, 0.1) is 5.82 Å². The van der Waals surface area contributed by atoms with Crippen molar-refractivity contribution in [2.45, 2.75) is 13.2 Å². The molecule has 8 heteroatoms. The van der Waals surface area contributed by atoms with Crippen LogP contribution in [0.5, 0.6) is 5.75 Å². The number of fused-ring (bicyclic) bond motifs is 1. The van der Waals surface area contributed by atoms with Crippen molar-refractivity contribution in [2.24, 2.45) is 0 Å². The molecule has 0 saturated carbocycles. The van der Waals surface area contributed by atoms with Crippen LogP contribution in [0.15, 0.2) is 64.9 Å². The van der Waals surface area contributed by atoms with Gasteiger partial charge in [-0.3, -0.25) is 9.20 Å². The summed E-state index contributed by atoms with van der Waals surface area (Å²) >= 11 is 7.70. The van der Waals surface area contributed by atoms with Crippen molar-refractivity contribution in [3.63, 3.8) is 0 Å². The van der Waals surface area contributed by atoms with Gasteiger partial charge < -0.3 is 10.1 Å². The van der Waals surface area contributed by atoms with E-state index in [1.54, 1.807) is 30.5 Å². The summed E-state index contributed by atoms with van der Waals surface area (Å²) < 4.78 is 20.4. The van der Waals surface area contributed by atoms with Crippen LogP contribution in [0.25, 0.3) is 4.96 Å². The highest BCUT2D eigenvalue weighted by Gasteiger charge is 2.06. The van der Waals surface area contributed by atoms with Gasteiger partial charge in [-0.2, -0.15) is 0 Å². The number of anilines is 1. The van der Waals surface area contributed by atoms with E-state index in [1.807, 2.05) is 11.4 Å². The standard InChI is InChI=1S/C20H15ClFN3O2S/c21-17-9-15(4-5-18(17)27-12-13-2-1-3-14(22)8-13)23-11-16-10-19(26)25-6-7-28-20(25)24-16/h1-10,23H,11-12H2. The smallest absolute Gasteiger partial charge is 0.258 e. The second kappa shape index (κ2) is 8.00. The van der Waals surface area contributed by atoms with Gasteiger partial charge in [0, 0.05) is 23.3 Å². The summed E-state index contributed by atoms with van der Waals surface area (Å²) in [6.45, 7) is 0.614. The molecule has 4 aromatic rings. The van der Waals surface area contributed by atoms with Crippen molar-refractivity contribution in [3.05, 3.63) is 92.6 Å². The first-order valence-corrected chi connectivity index (χ1v) is 9.71. The Hall–Kier alpha value is -2.90. The normalized spacial score (nSPS) is 10.9. The average Bonchev–Trinajstić information content (AvgIpc) is 3.15. The molecule has 1 N–H and O–H groups in total. The predicted octanol–water partition coefficient (Wildman–Crippen LogP) is 4.74. The lowest BCUT2D eigenvalue weighted by atomic mass is 10.2. The van der Waals surface area contributed by atoms with Crippen molar-refractivity contribution in [2.75, 3.05) is 5.32 Å². The van der Waals surface area contributed by atoms with Gasteiger partial charge in [0.2, 0.25) is 0 Å². The maximum Gasteiger partial charge on any atom is 0.258 e. The molecular formula is C20H15ClFN3O2S. The Kier molecular flexibility index (Phi) is 5.27. The molecule has 0 unspecified atom stereocenters. The molecule has 2 aromatic heterocycles. The van der Waals surface area contributed by atoms with Crippen LogP contribution in [-0.4, -0.2) is 9.38 Å². The van der Waals surface area contributed by atoms with Crippen LogP contribution in [0.4, 0.5) is 10.1 Å². The zero-order chi connectivity index (χ0) is 19.5. The third-order valence-electron chi connectivity index (χ3n) is 4.05. The molecular weight excluding hydrogens is 401 g/mol. The van der Waals surface area contributed by atoms with Crippen molar-refractivity contribution in [1.82, 2.24) is 9.38 Å². The molecule has 0 aliphatic rings. The summed E-state index contributed by atoms with van der Waals surface area (Å²) in [5, 5.41) is 5.45. The molecule has 0 fully saturated rings. The van der Waals surface area contributed by atoms with Crippen LogP contribution in [0.1, 0.15) is 11.3 Å². The van der Waals surface area contributed by atoms with E-state index < -0.39 is 0 Å². The first kappa shape index (κ1) is 18.5. The lowest BCUT2D eigenvalue weighted by Gasteiger charge is -2.11. The highest BCUT2D eigenvalue weighted by molar-refractivity contribution is 7.15. The molecule has 28 heavy (non-hydrogen) atoms. The molecule has 2 heterocycles. The van der Waals surface area contributed by atoms with Crippen LogP contribution in [0.2, 0.25) is 5.02 Å². The molecule has 0 spiro atoms. The number of hydrogen-bond donors (Lipinski definition) is 1. The number of nitrogens with zero attached hydrogens (tertiary/aromatic N) is 2. The number of hydrogen-bond acceptors (Lipinski definition) is 5. The van der Waals surface area contributed by atoms with Gasteiger partial charge in [-0.25, -0.2) is 9.37 Å². The zero-order valence-corrected chi connectivity index (χ0v) is 16.1. The average molecular weight is 416 g/mol. The van der Waals surface area contributed by atoms with Gasteiger partial charge >= 0.3 is 0 Å². The van der Waals surface area contributed by atoms with Crippen molar-refractivity contribution >= 4 is 33.6 Å². The maximum absolute atomic E-state index is 13.2. The largest absolute Gasteiger partial charge is 0.487 e. The molecule has 0 saturated heterocycles. The fourth-order valence-corrected chi connectivity index (χ4v) is 3.66. The van der Waals surface area contributed by atoms with E-state index in [4.69, 9.17) is 16.3 Å². The molecule has 0 amide bonds. The maximum atomic E-state index is 13.2. The summed E-state index contributed by atoms with van der Waals surface area (Å²) in [4.78, 5) is 17.1. The van der Waals surface area contributed by atoms with Crippen molar-refractivity contribution < 1.29 is 9.13 Å². The Balaban J connectivity index is 1.41. The molecule has 0 atom stereocenters. The summed E-state index contributed by atoms with van der Waals surface area (Å²) in [6.07, 6.45) is 1.70. The molecule has 5 nitrogen and oxygen atoms in total. The molecule has 0 aliphatic heterocycles. The monoisotopic (exact) mass is 415 g/mol. The molecule has 0 bridgehead atoms. The lowest BCUT2D eigenvalue weighted by Crippen LogP contribution is -2.14. The first-order chi connectivity index (χ1) is 13.6. The number of aromatic nitrogens is 2. The number of halogens is 2. The summed E-state index contributed by atoms with van der Waals surface area (Å²) in [7, 11) is 0. The van der Waals surface area contributed by atoms with Crippen LogP contribution in [-0.2, 0) is 13.2 Å². The van der Waals surface area contributed by atoms with E-state index in [9.17, 15) is 9.18 Å². The fraction of sp³-hybridized carbons (Fsp3) is 0.100. The van der Waals surface area contributed by atoms with Crippen LogP contribution in [0.3, 0.4) is 0 Å². The number of nitrogens with one attached hydrogen (secondary N) is 1.